The molecule has 3 heterocycles. The number of anilines is 1. The fourth-order valence-corrected chi connectivity index (χ4v) is 2.59. The molecule has 1 aromatic rings. The molecule has 2 aliphatic rings. The Morgan fingerprint density at radius 3 is 3.00 bits per heavy atom. The van der Waals surface area contributed by atoms with Crippen LogP contribution < -0.4 is 11.4 Å². The number of aliphatic hydroxyl groups excluding tert-OH is 2. The zero-order valence-electron chi connectivity index (χ0n) is 10.3. The van der Waals surface area contributed by atoms with Gasteiger partial charge in [0.1, 0.15) is 30.2 Å². The van der Waals surface area contributed by atoms with Crippen LogP contribution in [0.2, 0.25) is 0 Å². The van der Waals surface area contributed by atoms with Gasteiger partial charge in [0.2, 0.25) is 5.72 Å². The Labute approximate surface area is 113 Å². The number of terminal acetylenes is 1. The fourth-order valence-electron chi connectivity index (χ4n) is 2.59. The highest BCUT2D eigenvalue weighted by atomic mass is 16.7. The molecule has 106 valence electrons. The van der Waals surface area contributed by atoms with Gasteiger partial charge in [0, 0.05) is 6.20 Å². The van der Waals surface area contributed by atoms with Crippen LogP contribution in [-0.2, 0) is 15.2 Å². The Balaban J connectivity index is 2.00. The third kappa shape index (κ3) is 1.52. The minimum absolute atomic E-state index is 0.0647. The molecule has 1 aromatic heterocycles. The number of nitrogens with zero attached hydrogens (tertiary/aromatic N) is 2. The van der Waals surface area contributed by atoms with Crippen molar-refractivity contribution in [3.8, 4) is 12.3 Å². The van der Waals surface area contributed by atoms with Crippen molar-refractivity contribution in [1.29, 1.82) is 0 Å². The van der Waals surface area contributed by atoms with E-state index in [0.29, 0.717) is 0 Å². The summed E-state index contributed by atoms with van der Waals surface area (Å²) in [7, 11) is 0. The summed E-state index contributed by atoms with van der Waals surface area (Å²) >= 11 is 0. The van der Waals surface area contributed by atoms with Crippen LogP contribution in [-0.4, -0.2) is 50.8 Å². The van der Waals surface area contributed by atoms with Crippen LogP contribution in [0.3, 0.4) is 0 Å². The lowest BCUT2D eigenvalue weighted by atomic mass is 9.91. The smallest absolute Gasteiger partial charge is 0.352 e. The van der Waals surface area contributed by atoms with Gasteiger partial charge >= 0.3 is 5.69 Å². The first-order chi connectivity index (χ1) is 9.53. The second-order valence-corrected chi connectivity index (χ2v) is 4.70. The number of aliphatic hydroxyl groups is 2. The minimum atomic E-state index is -1.48. The van der Waals surface area contributed by atoms with Gasteiger partial charge in [-0.1, -0.05) is 0 Å². The highest BCUT2D eigenvalue weighted by Gasteiger charge is 2.66. The van der Waals surface area contributed by atoms with E-state index in [1.807, 2.05) is 0 Å². The zero-order valence-corrected chi connectivity index (χ0v) is 10.3. The molecule has 0 aliphatic carbocycles. The molecule has 2 aliphatic heterocycles. The lowest BCUT2D eigenvalue weighted by Crippen LogP contribution is -2.67. The number of hydrogen-bond acceptors (Lipinski definition) is 7. The number of rotatable bonds is 2. The third-order valence-corrected chi connectivity index (χ3v) is 3.61. The SMILES string of the molecule is C#CC1(n2ccc(N)nc2=O)OC2C(O)[C@@H](CO)O[C@H]21. The molecule has 3 rings (SSSR count). The summed E-state index contributed by atoms with van der Waals surface area (Å²) in [4.78, 5) is 15.5. The number of hydrogen-bond donors (Lipinski definition) is 3. The van der Waals surface area contributed by atoms with Crippen molar-refractivity contribution in [2.45, 2.75) is 30.1 Å². The average molecular weight is 279 g/mol. The number of nitrogens with two attached hydrogens (primary N) is 1. The Morgan fingerprint density at radius 2 is 2.40 bits per heavy atom. The van der Waals surface area contributed by atoms with E-state index in [-0.39, 0.29) is 12.4 Å². The van der Waals surface area contributed by atoms with Gasteiger partial charge in [-0.2, -0.15) is 4.98 Å². The molecule has 0 radical (unpaired) electrons. The van der Waals surface area contributed by atoms with Gasteiger partial charge in [-0.3, -0.25) is 4.57 Å². The van der Waals surface area contributed by atoms with Gasteiger partial charge in [-0.15, -0.1) is 6.42 Å². The molecule has 2 saturated heterocycles. The van der Waals surface area contributed by atoms with Crippen LogP contribution in [0.15, 0.2) is 17.1 Å². The average Bonchev–Trinajstić information content (AvgIpc) is 2.66. The molecule has 3 unspecified atom stereocenters. The van der Waals surface area contributed by atoms with E-state index in [1.165, 1.54) is 12.3 Å². The highest BCUT2D eigenvalue weighted by Crippen LogP contribution is 2.46. The number of ether oxygens (including phenoxy) is 2. The standard InChI is InChI=1S/C12H13N3O5/c1-2-12(15-4-3-7(13)14-11(15)18)10-9(20-12)8(17)6(5-16)19-10/h1,3-4,6,8-10,16-17H,5H2,(H2,13,14,18)/t6-,8?,9?,10-,12?/m1/s1. The molecule has 0 aromatic carbocycles. The molecule has 20 heavy (non-hydrogen) atoms. The maximum atomic E-state index is 11.9. The lowest BCUT2D eigenvalue weighted by molar-refractivity contribution is -0.295. The van der Waals surface area contributed by atoms with Crippen LogP contribution in [0.1, 0.15) is 0 Å². The molecule has 8 nitrogen and oxygen atoms in total. The predicted octanol–water partition coefficient (Wildman–Crippen LogP) is -2.37. The van der Waals surface area contributed by atoms with Crippen molar-refractivity contribution in [3.63, 3.8) is 0 Å². The van der Waals surface area contributed by atoms with Crippen LogP contribution in [0.4, 0.5) is 5.82 Å². The predicted molar refractivity (Wildman–Crippen MR) is 66.3 cm³/mol. The van der Waals surface area contributed by atoms with Crippen molar-refractivity contribution in [3.05, 3.63) is 22.7 Å². The third-order valence-electron chi connectivity index (χ3n) is 3.61. The summed E-state index contributed by atoms with van der Waals surface area (Å²) < 4.78 is 12.1. The normalized spacial score (nSPS) is 38.9. The first kappa shape index (κ1) is 13.1. The number of fused-ring (bicyclic) bond motifs is 1. The molecule has 0 bridgehead atoms. The summed E-state index contributed by atoms with van der Waals surface area (Å²) in [6.45, 7) is -0.368. The minimum Gasteiger partial charge on any atom is -0.394 e. The summed E-state index contributed by atoms with van der Waals surface area (Å²) in [5, 5.41) is 19.0. The van der Waals surface area contributed by atoms with E-state index in [1.54, 1.807) is 0 Å². The summed E-state index contributed by atoms with van der Waals surface area (Å²) in [5.74, 6) is 2.44. The molecular formula is C12H13N3O5. The molecular weight excluding hydrogens is 266 g/mol. The second kappa shape index (κ2) is 4.29. The first-order valence-electron chi connectivity index (χ1n) is 5.99. The van der Waals surface area contributed by atoms with Crippen LogP contribution in [0.5, 0.6) is 0 Å². The van der Waals surface area contributed by atoms with Gasteiger partial charge in [0.25, 0.3) is 0 Å². The Morgan fingerprint density at radius 1 is 1.65 bits per heavy atom. The van der Waals surface area contributed by atoms with E-state index in [2.05, 4.69) is 10.9 Å². The highest BCUT2D eigenvalue weighted by molar-refractivity contribution is 5.27. The maximum absolute atomic E-state index is 11.9. The van der Waals surface area contributed by atoms with E-state index >= 15 is 0 Å². The first-order valence-corrected chi connectivity index (χ1v) is 5.99. The Bertz CT molecular complexity index is 639. The molecule has 5 atom stereocenters. The monoisotopic (exact) mass is 279 g/mol. The van der Waals surface area contributed by atoms with Crippen molar-refractivity contribution < 1.29 is 19.7 Å². The van der Waals surface area contributed by atoms with Gasteiger partial charge in [-0.25, -0.2) is 4.79 Å². The second-order valence-electron chi connectivity index (χ2n) is 4.70. The van der Waals surface area contributed by atoms with Gasteiger partial charge in [0.15, 0.2) is 0 Å². The van der Waals surface area contributed by atoms with Gasteiger partial charge < -0.3 is 25.4 Å². The van der Waals surface area contributed by atoms with Gasteiger partial charge in [-0.05, 0) is 12.0 Å². The van der Waals surface area contributed by atoms with Crippen LogP contribution in [0.25, 0.3) is 0 Å². The maximum Gasteiger partial charge on any atom is 0.352 e. The van der Waals surface area contributed by atoms with E-state index in [9.17, 15) is 9.90 Å². The molecule has 2 fully saturated rings. The van der Waals surface area contributed by atoms with E-state index in [4.69, 9.17) is 26.7 Å². The fraction of sp³-hybridized carbons (Fsp3) is 0.500. The van der Waals surface area contributed by atoms with Crippen LogP contribution >= 0.6 is 0 Å². The molecule has 0 spiro atoms. The van der Waals surface area contributed by atoms with Crippen molar-refractivity contribution in [2.24, 2.45) is 0 Å². The van der Waals surface area contributed by atoms with E-state index in [0.717, 1.165) is 4.57 Å². The van der Waals surface area contributed by atoms with Gasteiger partial charge in [0.05, 0.1) is 6.61 Å². The molecule has 4 N–H and O–H groups in total. The van der Waals surface area contributed by atoms with Crippen LogP contribution in [0, 0.1) is 12.3 Å². The lowest BCUT2D eigenvalue weighted by Gasteiger charge is -2.47. The Kier molecular flexibility index (Phi) is 2.81. The van der Waals surface area contributed by atoms with Crippen molar-refractivity contribution in [1.82, 2.24) is 9.55 Å². The molecule has 8 heteroatoms. The largest absolute Gasteiger partial charge is 0.394 e. The van der Waals surface area contributed by atoms with Crippen molar-refractivity contribution >= 4 is 5.82 Å². The molecule has 0 saturated carbocycles. The summed E-state index contributed by atoms with van der Waals surface area (Å²) in [6, 6.07) is 1.41. The quantitative estimate of drug-likeness (QED) is 0.517. The summed E-state index contributed by atoms with van der Waals surface area (Å²) in [5.41, 5.74) is 3.27. The number of nitrogen functional groups attached to an aromatic ring is 1. The molecule has 0 amide bonds. The number of aromatic nitrogens is 2. The summed E-state index contributed by atoms with van der Waals surface area (Å²) in [6.07, 6.45) is 3.63. The Hall–Kier alpha value is -1.92. The topological polar surface area (TPSA) is 120 Å². The van der Waals surface area contributed by atoms with E-state index < -0.39 is 35.8 Å². The van der Waals surface area contributed by atoms with Crippen molar-refractivity contribution in [2.75, 3.05) is 12.3 Å². The zero-order chi connectivity index (χ0) is 14.5.